The van der Waals surface area contributed by atoms with Crippen LogP contribution in [0.5, 0.6) is 0 Å². The molecule has 1 aromatic heterocycles. The molecule has 92 valence electrons. The van der Waals surface area contributed by atoms with Crippen molar-refractivity contribution in [2.75, 3.05) is 30.4 Å². The van der Waals surface area contributed by atoms with Crippen LogP contribution < -0.4 is 16.0 Å². The van der Waals surface area contributed by atoms with Crippen LogP contribution >= 0.6 is 15.9 Å². The van der Waals surface area contributed by atoms with Gasteiger partial charge in [-0.05, 0) is 22.4 Å². The molecule has 1 aliphatic heterocycles. The molecule has 1 amide bonds. The Kier molecular flexibility index (Phi) is 3.46. The van der Waals surface area contributed by atoms with Gasteiger partial charge in [0.2, 0.25) is 5.91 Å². The largest absolute Gasteiger partial charge is 0.372 e. The summed E-state index contributed by atoms with van der Waals surface area (Å²) < 4.78 is 0.813. The SMILES string of the molecule is CNc1ncnc(N2CCC(C(N)=O)C2)c1Br. The zero-order chi connectivity index (χ0) is 12.4. The molecule has 7 heteroatoms. The Morgan fingerprint density at radius 1 is 1.65 bits per heavy atom. The molecular weight excluding hydrogens is 286 g/mol. The van der Waals surface area contributed by atoms with Crippen molar-refractivity contribution in [2.24, 2.45) is 11.7 Å². The highest BCUT2D eigenvalue weighted by molar-refractivity contribution is 9.10. The van der Waals surface area contributed by atoms with Crippen molar-refractivity contribution in [1.29, 1.82) is 0 Å². The number of rotatable bonds is 3. The average molecular weight is 300 g/mol. The number of nitrogens with one attached hydrogen (secondary N) is 1. The number of aromatic nitrogens is 2. The predicted molar refractivity (Wildman–Crippen MR) is 68.8 cm³/mol. The van der Waals surface area contributed by atoms with Gasteiger partial charge in [-0.25, -0.2) is 9.97 Å². The van der Waals surface area contributed by atoms with Gasteiger partial charge in [0, 0.05) is 20.1 Å². The Bertz CT molecular complexity index is 439. The molecule has 1 fully saturated rings. The summed E-state index contributed by atoms with van der Waals surface area (Å²) in [4.78, 5) is 21.5. The van der Waals surface area contributed by atoms with Gasteiger partial charge in [-0.1, -0.05) is 0 Å². The molecular formula is C10H14BrN5O. The lowest BCUT2D eigenvalue weighted by atomic mass is 10.1. The smallest absolute Gasteiger partial charge is 0.222 e. The van der Waals surface area contributed by atoms with E-state index in [4.69, 9.17) is 5.73 Å². The van der Waals surface area contributed by atoms with E-state index in [9.17, 15) is 4.79 Å². The molecule has 1 aromatic rings. The fourth-order valence-electron chi connectivity index (χ4n) is 1.94. The molecule has 6 nitrogen and oxygen atoms in total. The third kappa shape index (κ3) is 2.33. The highest BCUT2D eigenvalue weighted by Gasteiger charge is 2.28. The van der Waals surface area contributed by atoms with Gasteiger partial charge < -0.3 is 16.0 Å². The second kappa shape index (κ2) is 4.87. The van der Waals surface area contributed by atoms with Gasteiger partial charge in [0.1, 0.15) is 22.4 Å². The number of hydrogen-bond donors (Lipinski definition) is 2. The maximum Gasteiger partial charge on any atom is 0.222 e. The third-order valence-corrected chi connectivity index (χ3v) is 3.63. The standard InChI is InChI=1S/C10H14BrN5O/c1-13-9-7(11)10(15-5-14-9)16-3-2-6(4-16)8(12)17/h5-6H,2-4H2,1H3,(H2,12,17)(H,13,14,15). The summed E-state index contributed by atoms with van der Waals surface area (Å²) in [7, 11) is 1.80. The van der Waals surface area contributed by atoms with Gasteiger partial charge in [0.25, 0.3) is 0 Å². The average Bonchev–Trinajstić information content (AvgIpc) is 2.78. The molecule has 1 saturated heterocycles. The van der Waals surface area contributed by atoms with E-state index in [0.29, 0.717) is 6.54 Å². The van der Waals surface area contributed by atoms with Crippen LogP contribution in [0.2, 0.25) is 0 Å². The molecule has 0 spiro atoms. The second-order valence-electron chi connectivity index (χ2n) is 3.94. The number of nitrogens with two attached hydrogens (primary N) is 1. The first-order chi connectivity index (χ1) is 8.13. The zero-order valence-electron chi connectivity index (χ0n) is 9.48. The molecule has 1 atom stereocenters. The Balaban J connectivity index is 2.22. The number of anilines is 2. The molecule has 3 N–H and O–H groups in total. The van der Waals surface area contributed by atoms with Crippen molar-refractivity contribution in [2.45, 2.75) is 6.42 Å². The number of hydrogen-bond acceptors (Lipinski definition) is 5. The van der Waals surface area contributed by atoms with Crippen molar-refractivity contribution >= 4 is 33.5 Å². The molecule has 17 heavy (non-hydrogen) atoms. The Morgan fingerprint density at radius 2 is 2.41 bits per heavy atom. The van der Waals surface area contributed by atoms with Crippen LogP contribution in [-0.4, -0.2) is 36.0 Å². The van der Waals surface area contributed by atoms with E-state index >= 15 is 0 Å². The number of halogens is 1. The van der Waals surface area contributed by atoms with Gasteiger partial charge >= 0.3 is 0 Å². The van der Waals surface area contributed by atoms with Crippen molar-refractivity contribution in [1.82, 2.24) is 9.97 Å². The van der Waals surface area contributed by atoms with E-state index in [-0.39, 0.29) is 11.8 Å². The molecule has 0 bridgehead atoms. The summed E-state index contributed by atoms with van der Waals surface area (Å²) in [6.45, 7) is 1.40. The highest BCUT2D eigenvalue weighted by atomic mass is 79.9. The van der Waals surface area contributed by atoms with Gasteiger partial charge in [-0.3, -0.25) is 4.79 Å². The van der Waals surface area contributed by atoms with Crippen LogP contribution in [0, 0.1) is 5.92 Å². The summed E-state index contributed by atoms with van der Waals surface area (Å²) in [5.74, 6) is 1.20. The monoisotopic (exact) mass is 299 g/mol. The summed E-state index contributed by atoms with van der Waals surface area (Å²) in [5.41, 5.74) is 5.31. The molecule has 0 saturated carbocycles. The number of primary amides is 1. The van der Waals surface area contributed by atoms with Crippen LogP contribution in [0.25, 0.3) is 0 Å². The van der Waals surface area contributed by atoms with Crippen molar-refractivity contribution in [3.05, 3.63) is 10.8 Å². The quantitative estimate of drug-likeness (QED) is 0.853. The van der Waals surface area contributed by atoms with Crippen molar-refractivity contribution in [3.63, 3.8) is 0 Å². The van der Waals surface area contributed by atoms with Crippen LogP contribution in [0.1, 0.15) is 6.42 Å². The molecule has 1 aliphatic rings. The topological polar surface area (TPSA) is 84.1 Å². The third-order valence-electron chi connectivity index (χ3n) is 2.90. The number of nitrogens with zero attached hydrogens (tertiary/aromatic N) is 3. The minimum atomic E-state index is -0.244. The normalized spacial score (nSPS) is 19.4. The van der Waals surface area contributed by atoms with Crippen molar-refractivity contribution in [3.8, 4) is 0 Å². The number of carbonyl (C=O) groups is 1. The minimum absolute atomic E-state index is 0.0881. The maximum absolute atomic E-state index is 11.1. The Morgan fingerprint density at radius 3 is 3.00 bits per heavy atom. The molecule has 1 unspecified atom stereocenters. The summed E-state index contributed by atoms with van der Waals surface area (Å²) in [5, 5.41) is 2.98. The van der Waals surface area contributed by atoms with E-state index in [2.05, 4.69) is 31.2 Å². The maximum atomic E-state index is 11.1. The Labute approximate surface area is 108 Å². The van der Waals surface area contributed by atoms with Crippen LogP contribution in [0.3, 0.4) is 0 Å². The fourth-order valence-corrected chi connectivity index (χ4v) is 2.59. The summed E-state index contributed by atoms with van der Waals surface area (Å²) in [6.07, 6.45) is 2.28. The predicted octanol–water partition coefficient (Wildman–Crippen LogP) is 0.592. The first-order valence-corrected chi connectivity index (χ1v) is 6.15. The number of amides is 1. The van der Waals surface area contributed by atoms with Gasteiger partial charge in [-0.15, -0.1) is 0 Å². The number of carbonyl (C=O) groups excluding carboxylic acids is 1. The van der Waals surface area contributed by atoms with Gasteiger partial charge in [0.15, 0.2) is 0 Å². The van der Waals surface area contributed by atoms with E-state index in [1.807, 2.05) is 4.90 Å². The van der Waals surface area contributed by atoms with Crippen LogP contribution in [0.4, 0.5) is 11.6 Å². The summed E-state index contributed by atoms with van der Waals surface area (Å²) >= 11 is 3.46. The molecule has 0 aliphatic carbocycles. The highest BCUT2D eigenvalue weighted by Crippen LogP contribution is 2.32. The summed E-state index contributed by atoms with van der Waals surface area (Å²) in [6, 6.07) is 0. The molecule has 0 radical (unpaired) electrons. The van der Waals surface area contributed by atoms with Crippen molar-refractivity contribution < 1.29 is 4.79 Å². The van der Waals surface area contributed by atoms with Gasteiger partial charge in [0.05, 0.1) is 5.92 Å². The van der Waals surface area contributed by atoms with E-state index in [1.54, 1.807) is 7.05 Å². The molecule has 0 aromatic carbocycles. The lowest BCUT2D eigenvalue weighted by Gasteiger charge is -2.19. The minimum Gasteiger partial charge on any atom is -0.372 e. The Hall–Kier alpha value is -1.37. The van der Waals surface area contributed by atoms with Gasteiger partial charge in [-0.2, -0.15) is 0 Å². The molecule has 2 rings (SSSR count). The zero-order valence-corrected chi connectivity index (χ0v) is 11.1. The first-order valence-electron chi connectivity index (χ1n) is 5.36. The van der Waals surface area contributed by atoms with E-state index < -0.39 is 0 Å². The first kappa shape index (κ1) is 12.1. The van der Waals surface area contributed by atoms with E-state index in [0.717, 1.165) is 29.1 Å². The second-order valence-corrected chi connectivity index (χ2v) is 4.74. The van der Waals surface area contributed by atoms with Crippen LogP contribution in [0.15, 0.2) is 10.8 Å². The van der Waals surface area contributed by atoms with Crippen LogP contribution in [-0.2, 0) is 4.79 Å². The van der Waals surface area contributed by atoms with E-state index in [1.165, 1.54) is 6.33 Å². The fraction of sp³-hybridized carbons (Fsp3) is 0.500. The lowest BCUT2D eigenvalue weighted by molar-refractivity contribution is -0.121. The lowest BCUT2D eigenvalue weighted by Crippen LogP contribution is -2.28. The molecule has 2 heterocycles.